The van der Waals surface area contributed by atoms with E-state index < -0.39 is 0 Å². The molecular weight excluding hydrogens is 306 g/mol. The Kier molecular flexibility index (Phi) is 5.03. The Hall–Kier alpha value is -2.50. The van der Waals surface area contributed by atoms with Gasteiger partial charge in [-0.3, -0.25) is 4.79 Å². The van der Waals surface area contributed by atoms with Crippen LogP contribution in [0, 0.1) is 12.8 Å². The molecule has 3 rings (SSSR count). The summed E-state index contributed by atoms with van der Waals surface area (Å²) in [5.41, 5.74) is 1.05. The first-order chi connectivity index (χ1) is 11.6. The second kappa shape index (κ2) is 7.38. The first-order valence-electron chi connectivity index (χ1n) is 8.32. The molecule has 1 fully saturated rings. The summed E-state index contributed by atoms with van der Waals surface area (Å²) in [6.07, 6.45) is 2.44. The van der Waals surface area contributed by atoms with E-state index in [-0.39, 0.29) is 12.5 Å². The monoisotopic (exact) mass is 329 g/mol. The Balaban J connectivity index is 1.61. The molecule has 0 aliphatic carbocycles. The van der Waals surface area contributed by atoms with Crippen LogP contribution >= 0.6 is 0 Å². The van der Waals surface area contributed by atoms with Crippen molar-refractivity contribution in [2.45, 2.75) is 26.7 Å². The highest BCUT2D eigenvalue weighted by molar-refractivity contribution is 5.91. The molecule has 0 spiro atoms. The molecule has 0 bridgehead atoms. The van der Waals surface area contributed by atoms with Crippen molar-refractivity contribution in [2.24, 2.45) is 5.92 Å². The van der Waals surface area contributed by atoms with Crippen LogP contribution in [0.2, 0.25) is 0 Å². The summed E-state index contributed by atoms with van der Waals surface area (Å²) in [6, 6.07) is 9.54. The van der Waals surface area contributed by atoms with Gasteiger partial charge in [-0.25, -0.2) is 0 Å². The van der Waals surface area contributed by atoms with Gasteiger partial charge in [-0.05, 0) is 37.8 Å². The van der Waals surface area contributed by atoms with Gasteiger partial charge in [-0.15, -0.1) is 0 Å². The van der Waals surface area contributed by atoms with Gasteiger partial charge in [0.25, 0.3) is 5.91 Å². The number of para-hydroxylation sites is 2. The van der Waals surface area contributed by atoms with Crippen molar-refractivity contribution in [2.75, 3.05) is 29.9 Å². The third kappa shape index (κ3) is 4.07. The quantitative estimate of drug-likeness (QED) is 0.912. The smallest absolute Gasteiger partial charge is 0.263 e. The standard InChI is InChI=1S/C18H23N3O3/c1-13-6-5-9-21(11-13)15-7-3-4-8-16(15)23-12-18(22)19-17-10-14(2)24-20-17/h3-4,7-8,10,13H,5-6,9,11-12H2,1-2H3,(H,19,20,22)/t13-/m1/s1. The van der Waals surface area contributed by atoms with Crippen LogP contribution < -0.4 is 15.0 Å². The molecule has 1 atom stereocenters. The van der Waals surface area contributed by atoms with Crippen LogP contribution in [0.5, 0.6) is 5.75 Å². The number of amides is 1. The molecule has 6 heteroatoms. The Morgan fingerprint density at radius 2 is 2.29 bits per heavy atom. The van der Waals surface area contributed by atoms with E-state index in [4.69, 9.17) is 9.26 Å². The molecule has 2 heterocycles. The van der Waals surface area contributed by atoms with Crippen LogP contribution in [0.4, 0.5) is 11.5 Å². The molecule has 0 unspecified atom stereocenters. The number of anilines is 2. The predicted molar refractivity (Wildman–Crippen MR) is 92.4 cm³/mol. The molecule has 2 aromatic rings. The summed E-state index contributed by atoms with van der Waals surface area (Å²) in [7, 11) is 0. The fraction of sp³-hybridized carbons (Fsp3) is 0.444. The number of carbonyl (C=O) groups excluding carboxylic acids is 1. The summed E-state index contributed by atoms with van der Waals surface area (Å²) in [5.74, 6) is 2.20. The third-order valence-corrected chi connectivity index (χ3v) is 4.12. The van der Waals surface area contributed by atoms with Crippen LogP contribution in [0.3, 0.4) is 0 Å². The molecule has 1 aliphatic rings. The van der Waals surface area contributed by atoms with E-state index in [1.54, 1.807) is 13.0 Å². The number of carbonyl (C=O) groups is 1. The van der Waals surface area contributed by atoms with Crippen LogP contribution in [-0.2, 0) is 4.79 Å². The second-order valence-electron chi connectivity index (χ2n) is 6.32. The van der Waals surface area contributed by atoms with Crippen molar-refractivity contribution in [3.8, 4) is 5.75 Å². The SMILES string of the molecule is Cc1cc(NC(=O)COc2ccccc2N2CCC[C@@H](C)C2)no1. The van der Waals surface area contributed by atoms with Gasteiger partial charge in [0.2, 0.25) is 0 Å². The minimum atomic E-state index is -0.259. The average molecular weight is 329 g/mol. The van der Waals surface area contributed by atoms with Gasteiger partial charge in [0, 0.05) is 19.2 Å². The number of rotatable bonds is 5. The van der Waals surface area contributed by atoms with Gasteiger partial charge in [0.05, 0.1) is 5.69 Å². The number of nitrogens with zero attached hydrogens (tertiary/aromatic N) is 2. The van der Waals surface area contributed by atoms with E-state index in [0.29, 0.717) is 17.5 Å². The number of piperidine rings is 1. The summed E-state index contributed by atoms with van der Waals surface area (Å²) in [5, 5.41) is 6.40. The Labute approximate surface area is 141 Å². The lowest BCUT2D eigenvalue weighted by molar-refractivity contribution is -0.118. The lowest BCUT2D eigenvalue weighted by atomic mass is 9.99. The average Bonchev–Trinajstić information content (AvgIpc) is 2.98. The van der Waals surface area contributed by atoms with E-state index >= 15 is 0 Å². The molecular formula is C18H23N3O3. The van der Waals surface area contributed by atoms with E-state index in [9.17, 15) is 4.79 Å². The Morgan fingerprint density at radius 3 is 3.04 bits per heavy atom. The van der Waals surface area contributed by atoms with Crippen LogP contribution in [0.1, 0.15) is 25.5 Å². The largest absolute Gasteiger partial charge is 0.482 e. The molecule has 24 heavy (non-hydrogen) atoms. The van der Waals surface area contributed by atoms with Crippen LogP contribution in [-0.4, -0.2) is 30.8 Å². The Morgan fingerprint density at radius 1 is 1.46 bits per heavy atom. The van der Waals surface area contributed by atoms with Crippen LogP contribution in [0.15, 0.2) is 34.9 Å². The first kappa shape index (κ1) is 16.4. The first-order valence-corrected chi connectivity index (χ1v) is 8.32. The number of hydrogen-bond donors (Lipinski definition) is 1. The summed E-state index contributed by atoms with van der Waals surface area (Å²) in [6.45, 7) is 6.02. The topological polar surface area (TPSA) is 67.6 Å². The number of ether oxygens (including phenoxy) is 1. The van der Waals surface area contributed by atoms with E-state index in [1.807, 2.05) is 24.3 Å². The second-order valence-corrected chi connectivity index (χ2v) is 6.32. The van der Waals surface area contributed by atoms with Crippen molar-refractivity contribution in [1.82, 2.24) is 5.16 Å². The fourth-order valence-corrected chi connectivity index (χ4v) is 3.00. The van der Waals surface area contributed by atoms with Gasteiger partial charge in [-0.2, -0.15) is 0 Å². The third-order valence-electron chi connectivity index (χ3n) is 4.12. The molecule has 6 nitrogen and oxygen atoms in total. The molecule has 1 aromatic heterocycles. The maximum absolute atomic E-state index is 12.0. The lowest BCUT2D eigenvalue weighted by Gasteiger charge is -2.33. The Bertz CT molecular complexity index is 698. The zero-order valence-corrected chi connectivity index (χ0v) is 14.1. The highest BCUT2D eigenvalue weighted by atomic mass is 16.5. The van der Waals surface area contributed by atoms with Crippen molar-refractivity contribution in [3.63, 3.8) is 0 Å². The molecule has 1 aliphatic heterocycles. The van der Waals surface area contributed by atoms with Crippen molar-refractivity contribution < 1.29 is 14.1 Å². The number of hydrogen-bond acceptors (Lipinski definition) is 5. The maximum Gasteiger partial charge on any atom is 0.263 e. The molecule has 0 radical (unpaired) electrons. The molecule has 0 saturated carbocycles. The normalized spacial score (nSPS) is 17.6. The minimum Gasteiger partial charge on any atom is -0.482 e. The highest BCUT2D eigenvalue weighted by Crippen LogP contribution is 2.31. The molecule has 1 N–H and O–H groups in total. The zero-order chi connectivity index (χ0) is 16.9. The van der Waals surface area contributed by atoms with Gasteiger partial charge in [0.15, 0.2) is 12.4 Å². The zero-order valence-electron chi connectivity index (χ0n) is 14.1. The number of nitrogens with one attached hydrogen (secondary N) is 1. The van der Waals surface area contributed by atoms with Gasteiger partial charge >= 0.3 is 0 Å². The molecule has 128 valence electrons. The highest BCUT2D eigenvalue weighted by Gasteiger charge is 2.19. The molecule has 1 amide bonds. The number of aryl methyl sites for hydroxylation is 1. The van der Waals surface area contributed by atoms with Crippen molar-refractivity contribution in [1.29, 1.82) is 0 Å². The van der Waals surface area contributed by atoms with E-state index in [2.05, 4.69) is 22.3 Å². The van der Waals surface area contributed by atoms with Gasteiger partial charge < -0.3 is 19.5 Å². The van der Waals surface area contributed by atoms with Gasteiger partial charge in [0.1, 0.15) is 11.5 Å². The lowest BCUT2D eigenvalue weighted by Crippen LogP contribution is -2.34. The number of aromatic nitrogens is 1. The minimum absolute atomic E-state index is 0.0632. The molecule has 1 saturated heterocycles. The predicted octanol–water partition coefficient (Wildman–Crippen LogP) is 3.24. The molecule has 1 aromatic carbocycles. The summed E-state index contributed by atoms with van der Waals surface area (Å²) in [4.78, 5) is 14.3. The fourth-order valence-electron chi connectivity index (χ4n) is 3.00. The summed E-state index contributed by atoms with van der Waals surface area (Å²) >= 11 is 0. The van der Waals surface area contributed by atoms with E-state index in [0.717, 1.165) is 24.5 Å². The van der Waals surface area contributed by atoms with E-state index in [1.165, 1.54) is 12.8 Å². The maximum atomic E-state index is 12.0. The van der Waals surface area contributed by atoms with Crippen molar-refractivity contribution >= 4 is 17.4 Å². The van der Waals surface area contributed by atoms with Crippen LogP contribution in [0.25, 0.3) is 0 Å². The summed E-state index contributed by atoms with van der Waals surface area (Å²) < 4.78 is 10.7. The van der Waals surface area contributed by atoms with Crippen molar-refractivity contribution in [3.05, 3.63) is 36.1 Å². The number of benzene rings is 1. The van der Waals surface area contributed by atoms with Gasteiger partial charge in [-0.1, -0.05) is 24.2 Å².